The lowest BCUT2D eigenvalue weighted by Gasteiger charge is -2.12. The number of fused-ring (bicyclic) bond motifs is 1. The molecule has 0 radical (unpaired) electrons. The van der Waals surface area contributed by atoms with Gasteiger partial charge in [0.25, 0.3) is 0 Å². The second-order valence-corrected chi connectivity index (χ2v) is 7.58. The Labute approximate surface area is 176 Å². The van der Waals surface area contributed by atoms with E-state index in [1.165, 1.54) is 11.1 Å². The second kappa shape index (κ2) is 8.50. The molecular formula is C26H22ClNO. The standard InChI is InChI=1S/C26H22ClNO/c1-18-10-12-23(14-19(18)2)28-16-25-24-9-4-3-7-21(24)11-13-26(25)29-17-20-6-5-8-22(27)15-20/h3-16H,17H2,1-2H3. The maximum Gasteiger partial charge on any atom is 0.129 e. The van der Waals surface area contributed by atoms with Gasteiger partial charge in [-0.15, -0.1) is 0 Å². The molecule has 0 saturated heterocycles. The predicted octanol–water partition coefficient (Wildman–Crippen LogP) is 7.44. The van der Waals surface area contributed by atoms with Crippen molar-refractivity contribution in [3.8, 4) is 5.75 Å². The van der Waals surface area contributed by atoms with Crippen LogP contribution in [0.2, 0.25) is 5.02 Å². The largest absolute Gasteiger partial charge is 0.488 e. The van der Waals surface area contributed by atoms with Gasteiger partial charge in [0, 0.05) is 16.8 Å². The first-order valence-corrected chi connectivity index (χ1v) is 9.98. The van der Waals surface area contributed by atoms with Gasteiger partial charge >= 0.3 is 0 Å². The van der Waals surface area contributed by atoms with E-state index in [-0.39, 0.29) is 0 Å². The van der Waals surface area contributed by atoms with Crippen LogP contribution in [-0.2, 0) is 6.61 Å². The predicted molar refractivity (Wildman–Crippen MR) is 123 cm³/mol. The summed E-state index contributed by atoms with van der Waals surface area (Å²) in [6.45, 7) is 4.66. The molecule has 0 N–H and O–H groups in total. The zero-order valence-electron chi connectivity index (χ0n) is 16.5. The van der Waals surface area contributed by atoms with Crippen molar-refractivity contribution in [3.63, 3.8) is 0 Å². The van der Waals surface area contributed by atoms with E-state index >= 15 is 0 Å². The van der Waals surface area contributed by atoms with Crippen LogP contribution in [0.1, 0.15) is 22.3 Å². The molecule has 0 amide bonds. The van der Waals surface area contributed by atoms with Crippen molar-refractivity contribution in [2.45, 2.75) is 20.5 Å². The first-order chi connectivity index (χ1) is 14.1. The molecule has 144 valence electrons. The van der Waals surface area contributed by atoms with Crippen LogP contribution >= 0.6 is 11.6 Å². The third kappa shape index (κ3) is 4.49. The van der Waals surface area contributed by atoms with Gasteiger partial charge in [-0.1, -0.05) is 60.1 Å². The Kier molecular flexibility index (Phi) is 5.64. The molecule has 4 rings (SSSR count). The Morgan fingerprint density at radius 2 is 1.72 bits per heavy atom. The van der Waals surface area contributed by atoms with Gasteiger partial charge in [-0.05, 0) is 71.6 Å². The minimum atomic E-state index is 0.448. The minimum Gasteiger partial charge on any atom is -0.488 e. The van der Waals surface area contributed by atoms with Crippen molar-refractivity contribution in [2.75, 3.05) is 0 Å². The number of nitrogens with zero attached hydrogens (tertiary/aromatic N) is 1. The number of ether oxygens (including phenoxy) is 1. The number of hydrogen-bond donors (Lipinski definition) is 0. The van der Waals surface area contributed by atoms with Crippen molar-refractivity contribution in [1.82, 2.24) is 0 Å². The van der Waals surface area contributed by atoms with E-state index in [4.69, 9.17) is 21.3 Å². The molecule has 0 heterocycles. The summed E-state index contributed by atoms with van der Waals surface area (Å²) < 4.78 is 6.17. The van der Waals surface area contributed by atoms with Gasteiger partial charge in [0.15, 0.2) is 0 Å². The van der Waals surface area contributed by atoms with Gasteiger partial charge in [0.2, 0.25) is 0 Å². The van der Waals surface area contributed by atoms with Gasteiger partial charge < -0.3 is 4.74 Å². The molecule has 4 aromatic rings. The van der Waals surface area contributed by atoms with Crippen LogP contribution in [-0.4, -0.2) is 6.21 Å². The van der Waals surface area contributed by atoms with Crippen molar-refractivity contribution >= 4 is 34.3 Å². The maximum absolute atomic E-state index is 6.17. The molecule has 0 aromatic heterocycles. The second-order valence-electron chi connectivity index (χ2n) is 7.14. The van der Waals surface area contributed by atoms with Crippen LogP contribution in [0.5, 0.6) is 5.75 Å². The molecule has 0 fully saturated rings. The van der Waals surface area contributed by atoms with E-state index in [1.54, 1.807) is 0 Å². The van der Waals surface area contributed by atoms with Gasteiger partial charge in [-0.2, -0.15) is 0 Å². The van der Waals surface area contributed by atoms with Crippen LogP contribution in [0.4, 0.5) is 5.69 Å². The zero-order valence-corrected chi connectivity index (χ0v) is 17.3. The molecule has 4 aromatic carbocycles. The Morgan fingerprint density at radius 1 is 0.862 bits per heavy atom. The van der Waals surface area contributed by atoms with Crippen molar-refractivity contribution < 1.29 is 4.74 Å². The maximum atomic E-state index is 6.17. The van der Waals surface area contributed by atoms with Crippen molar-refractivity contribution in [3.05, 3.63) is 106 Å². The summed E-state index contributed by atoms with van der Waals surface area (Å²) in [7, 11) is 0. The first kappa shape index (κ1) is 19.2. The van der Waals surface area contributed by atoms with E-state index in [9.17, 15) is 0 Å². The molecule has 0 aliphatic rings. The lowest BCUT2D eigenvalue weighted by Crippen LogP contribution is -1.99. The summed E-state index contributed by atoms with van der Waals surface area (Å²) in [5, 5.41) is 2.98. The summed E-state index contributed by atoms with van der Waals surface area (Å²) in [5.41, 5.74) is 5.43. The normalized spacial score (nSPS) is 11.3. The van der Waals surface area contributed by atoms with Crippen LogP contribution in [0, 0.1) is 13.8 Å². The number of rotatable bonds is 5. The SMILES string of the molecule is Cc1ccc(N=Cc2c(OCc3cccc(Cl)c3)ccc3ccccc23)cc1C. The fourth-order valence-corrected chi connectivity index (χ4v) is 3.48. The van der Waals surface area contributed by atoms with Crippen molar-refractivity contribution in [2.24, 2.45) is 4.99 Å². The van der Waals surface area contributed by atoms with E-state index in [0.29, 0.717) is 11.6 Å². The summed E-state index contributed by atoms with van der Waals surface area (Å²) in [4.78, 5) is 4.73. The number of aliphatic imine (C=N–C) groups is 1. The molecule has 3 heteroatoms. The highest BCUT2D eigenvalue weighted by atomic mass is 35.5. The van der Waals surface area contributed by atoms with Crippen LogP contribution < -0.4 is 4.74 Å². The molecule has 0 spiro atoms. The molecule has 0 bridgehead atoms. The average Bonchev–Trinajstić information content (AvgIpc) is 2.73. The smallest absolute Gasteiger partial charge is 0.129 e. The minimum absolute atomic E-state index is 0.448. The molecule has 0 aliphatic carbocycles. The number of halogens is 1. The summed E-state index contributed by atoms with van der Waals surface area (Å²) in [6, 6.07) is 26.3. The Hall–Kier alpha value is -3.10. The summed E-state index contributed by atoms with van der Waals surface area (Å²) in [5.74, 6) is 0.802. The first-order valence-electron chi connectivity index (χ1n) is 9.60. The molecule has 0 atom stereocenters. The Bertz CT molecular complexity index is 1200. The molecule has 0 saturated carbocycles. The zero-order chi connectivity index (χ0) is 20.2. The third-order valence-corrected chi connectivity index (χ3v) is 5.28. The van der Waals surface area contributed by atoms with E-state index in [1.807, 2.05) is 54.7 Å². The highest BCUT2D eigenvalue weighted by Gasteiger charge is 2.08. The third-order valence-electron chi connectivity index (χ3n) is 5.05. The van der Waals surface area contributed by atoms with Gasteiger partial charge in [-0.25, -0.2) is 0 Å². The molecule has 29 heavy (non-hydrogen) atoms. The van der Waals surface area contributed by atoms with E-state index < -0.39 is 0 Å². The highest BCUT2D eigenvalue weighted by Crippen LogP contribution is 2.28. The van der Waals surface area contributed by atoms with Crippen LogP contribution in [0.15, 0.2) is 83.9 Å². The molecule has 2 nitrogen and oxygen atoms in total. The topological polar surface area (TPSA) is 21.6 Å². The summed E-state index contributed by atoms with van der Waals surface area (Å²) >= 11 is 6.10. The fraction of sp³-hybridized carbons (Fsp3) is 0.115. The van der Waals surface area contributed by atoms with Gasteiger partial charge in [0.05, 0.1) is 5.69 Å². The monoisotopic (exact) mass is 399 g/mol. The van der Waals surface area contributed by atoms with E-state index in [0.717, 1.165) is 33.3 Å². The number of aryl methyl sites for hydroxylation is 2. The van der Waals surface area contributed by atoms with Crippen LogP contribution in [0.3, 0.4) is 0 Å². The van der Waals surface area contributed by atoms with Gasteiger partial charge in [-0.3, -0.25) is 4.99 Å². The summed E-state index contributed by atoms with van der Waals surface area (Å²) in [6.07, 6.45) is 1.90. The lowest BCUT2D eigenvalue weighted by atomic mass is 10.0. The molecule has 0 unspecified atom stereocenters. The highest BCUT2D eigenvalue weighted by molar-refractivity contribution is 6.30. The fourth-order valence-electron chi connectivity index (χ4n) is 3.27. The number of hydrogen-bond acceptors (Lipinski definition) is 2. The van der Waals surface area contributed by atoms with Crippen molar-refractivity contribution in [1.29, 1.82) is 0 Å². The average molecular weight is 400 g/mol. The van der Waals surface area contributed by atoms with E-state index in [2.05, 4.69) is 44.2 Å². The van der Waals surface area contributed by atoms with Gasteiger partial charge in [0.1, 0.15) is 12.4 Å². The number of benzene rings is 4. The lowest BCUT2D eigenvalue weighted by molar-refractivity contribution is 0.306. The molecule has 0 aliphatic heterocycles. The molecular weight excluding hydrogens is 378 g/mol. The Morgan fingerprint density at radius 3 is 2.55 bits per heavy atom. The van der Waals surface area contributed by atoms with Crippen LogP contribution in [0.25, 0.3) is 10.8 Å². The quantitative estimate of drug-likeness (QED) is 0.319. The Balaban J connectivity index is 1.70.